The second-order valence-corrected chi connectivity index (χ2v) is 7.24. The standard InChI is InChI=1S/C24H19ClN4O3/c1-32-19-13-6-16(7-14-19)8-15-22-27-21-5-3-2-4-20(21)23(30)29(22)28-24(31)26-18-11-9-17(25)10-12-18/h2-15H,1H3,(H2,26,28,31)/b15-8+. The largest absolute Gasteiger partial charge is 0.497 e. The Balaban J connectivity index is 1.68. The van der Waals surface area contributed by atoms with E-state index in [1.54, 1.807) is 67.8 Å². The predicted molar refractivity (Wildman–Crippen MR) is 128 cm³/mol. The monoisotopic (exact) mass is 446 g/mol. The molecular formula is C24H19ClN4O3. The third-order valence-corrected chi connectivity index (χ3v) is 4.91. The van der Waals surface area contributed by atoms with Gasteiger partial charge in [-0.05, 0) is 60.2 Å². The first kappa shape index (κ1) is 21.1. The number of methoxy groups -OCH3 is 1. The number of benzene rings is 3. The van der Waals surface area contributed by atoms with Gasteiger partial charge in [-0.1, -0.05) is 41.9 Å². The molecule has 0 aliphatic rings. The number of para-hydroxylation sites is 1. The number of urea groups is 1. The summed E-state index contributed by atoms with van der Waals surface area (Å²) in [4.78, 5) is 30.2. The van der Waals surface area contributed by atoms with Gasteiger partial charge < -0.3 is 10.1 Å². The number of nitrogens with one attached hydrogen (secondary N) is 2. The first-order valence-electron chi connectivity index (χ1n) is 9.71. The van der Waals surface area contributed by atoms with Gasteiger partial charge in [-0.3, -0.25) is 4.79 Å². The van der Waals surface area contributed by atoms with Gasteiger partial charge in [0.25, 0.3) is 5.56 Å². The van der Waals surface area contributed by atoms with Crippen LogP contribution in [0.2, 0.25) is 5.02 Å². The van der Waals surface area contributed by atoms with E-state index >= 15 is 0 Å². The summed E-state index contributed by atoms with van der Waals surface area (Å²) in [5, 5.41) is 3.61. The molecule has 160 valence electrons. The van der Waals surface area contributed by atoms with Crippen LogP contribution in [0.3, 0.4) is 0 Å². The van der Waals surface area contributed by atoms with Crippen molar-refractivity contribution in [3.05, 3.63) is 99.6 Å². The Morgan fingerprint density at radius 3 is 2.44 bits per heavy atom. The van der Waals surface area contributed by atoms with E-state index < -0.39 is 11.6 Å². The molecule has 8 heteroatoms. The fraction of sp³-hybridized carbons (Fsp3) is 0.0417. The van der Waals surface area contributed by atoms with Crippen molar-refractivity contribution < 1.29 is 9.53 Å². The SMILES string of the molecule is COc1ccc(/C=C/c2nc3ccccc3c(=O)n2NC(=O)Nc2ccc(Cl)cc2)cc1. The highest BCUT2D eigenvalue weighted by Crippen LogP contribution is 2.15. The number of hydrogen-bond acceptors (Lipinski definition) is 4. The van der Waals surface area contributed by atoms with Crippen LogP contribution in [0.5, 0.6) is 5.75 Å². The van der Waals surface area contributed by atoms with Gasteiger partial charge in [0.15, 0.2) is 5.82 Å². The molecule has 0 bridgehead atoms. The van der Waals surface area contributed by atoms with Crippen molar-refractivity contribution in [3.8, 4) is 5.75 Å². The molecular weight excluding hydrogens is 428 g/mol. The second kappa shape index (κ2) is 9.36. The number of aromatic nitrogens is 2. The summed E-state index contributed by atoms with van der Waals surface area (Å²) in [6.45, 7) is 0. The minimum absolute atomic E-state index is 0.274. The topological polar surface area (TPSA) is 85.2 Å². The van der Waals surface area contributed by atoms with Gasteiger partial charge in [-0.15, -0.1) is 0 Å². The summed E-state index contributed by atoms with van der Waals surface area (Å²) in [6, 6.07) is 20.4. The number of carbonyl (C=O) groups is 1. The van der Waals surface area contributed by atoms with Crippen LogP contribution in [0.4, 0.5) is 10.5 Å². The van der Waals surface area contributed by atoms with Crippen LogP contribution in [-0.4, -0.2) is 22.8 Å². The highest BCUT2D eigenvalue weighted by atomic mass is 35.5. The van der Waals surface area contributed by atoms with Crippen molar-refractivity contribution >= 4 is 46.4 Å². The molecule has 0 saturated heterocycles. The van der Waals surface area contributed by atoms with E-state index in [0.29, 0.717) is 21.6 Å². The first-order valence-corrected chi connectivity index (χ1v) is 10.1. The van der Waals surface area contributed by atoms with Gasteiger partial charge in [-0.25, -0.2) is 15.2 Å². The molecule has 0 unspecified atom stereocenters. The summed E-state index contributed by atoms with van der Waals surface area (Å²) in [6.07, 6.45) is 3.46. The molecule has 0 fully saturated rings. The van der Waals surface area contributed by atoms with Gasteiger partial charge in [0, 0.05) is 10.7 Å². The molecule has 3 aromatic carbocycles. The van der Waals surface area contributed by atoms with E-state index in [1.807, 2.05) is 24.3 Å². The van der Waals surface area contributed by atoms with Crippen molar-refractivity contribution in [2.24, 2.45) is 0 Å². The minimum atomic E-state index is -0.592. The molecule has 0 radical (unpaired) electrons. The number of ether oxygens (including phenoxy) is 1. The highest BCUT2D eigenvalue weighted by molar-refractivity contribution is 6.30. The maximum Gasteiger partial charge on any atom is 0.338 e. The lowest BCUT2D eigenvalue weighted by molar-refractivity contribution is 0.259. The number of nitrogens with zero attached hydrogens (tertiary/aromatic N) is 2. The molecule has 1 aromatic heterocycles. The number of amides is 2. The molecule has 0 aliphatic carbocycles. The molecule has 4 aromatic rings. The van der Waals surface area contributed by atoms with Gasteiger partial charge in [0.05, 0.1) is 18.0 Å². The molecule has 0 spiro atoms. The van der Waals surface area contributed by atoms with E-state index in [-0.39, 0.29) is 5.82 Å². The van der Waals surface area contributed by atoms with Crippen LogP contribution in [0, 0.1) is 0 Å². The Morgan fingerprint density at radius 2 is 1.72 bits per heavy atom. The van der Waals surface area contributed by atoms with Crippen LogP contribution in [0.1, 0.15) is 11.4 Å². The normalized spacial score (nSPS) is 10.9. The Bertz CT molecular complexity index is 1350. The molecule has 7 nitrogen and oxygen atoms in total. The van der Waals surface area contributed by atoms with Crippen molar-refractivity contribution in [2.75, 3.05) is 17.9 Å². The molecule has 4 rings (SSSR count). The number of hydrogen-bond donors (Lipinski definition) is 2. The number of carbonyl (C=O) groups excluding carboxylic acids is 1. The average Bonchev–Trinajstić information content (AvgIpc) is 2.81. The minimum Gasteiger partial charge on any atom is -0.497 e. The lowest BCUT2D eigenvalue weighted by Crippen LogP contribution is -2.37. The van der Waals surface area contributed by atoms with Gasteiger partial charge in [-0.2, -0.15) is 4.68 Å². The quantitative estimate of drug-likeness (QED) is 0.451. The van der Waals surface area contributed by atoms with Crippen molar-refractivity contribution in [1.29, 1.82) is 0 Å². The van der Waals surface area contributed by atoms with Crippen molar-refractivity contribution in [3.63, 3.8) is 0 Å². The van der Waals surface area contributed by atoms with E-state index in [4.69, 9.17) is 16.3 Å². The van der Waals surface area contributed by atoms with Gasteiger partial charge in [0.2, 0.25) is 0 Å². The second-order valence-electron chi connectivity index (χ2n) is 6.81. The van der Waals surface area contributed by atoms with Crippen LogP contribution < -0.4 is 21.0 Å². The summed E-state index contributed by atoms with van der Waals surface area (Å²) in [5.41, 5.74) is 4.13. The Labute approximate surface area is 188 Å². The lowest BCUT2D eigenvalue weighted by atomic mass is 10.2. The number of fused-ring (bicyclic) bond motifs is 1. The number of rotatable bonds is 5. The molecule has 0 aliphatic heterocycles. The Morgan fingerprint density at radius 1 is 1.00 bits per heavy atom. The fourth-order valence-electron chi connectivity index (χ4n) is 3.05. The van der Waals surface area contributed by atoms with Crippen LogP contribution in [0.25, 0.3) is 23.1 Å². The molecule has 32 heavy (non-hydrogen) atoms. The summed E-state index contributed by atoms with van der Waals surface area (Å²) >= 11 is 5.88. The van der Waals surface area contributed by atoms with Gasteiger partial charge >= 0.3 is 6.03 Å². The lowest BCUT2D eigenvalue weighted by Gasteiger charge is -2.13. The zero-order valence-corrected chi connectivity index (χ0v) is 17.8. The van der Waals surface area contributed by atoms with E-state index in [9.17, 15) is 9.59 Å². The average molecular weight is 447 g/mol. The molecule has 1 heterocycles. The fourth-order valence-corrected chi connectivity index (χ4v) is 3.18. The van der Waals surface area contributed by atoms with Crippen LogP contribution in [0.15, 0.2) is 77.6 Å². The maximum absolute atomic E-state index is 13.1. The van der Waals surface area contributed by atoms with E-state index in [2.05, 4.69) is 15.7 Å². The first-order chi connectivity index (χ1) is 15.5. The number of halogens is 1. The Kier molecular flexibility index (Phi) is 6.19. The van der Waals surface area contributed by atoms with Crippen LogP contribution in [-0.2, 0) is 0 Å². The predicted octanol–water partition coefficient (Wildman–Crippen LogP) is 5.00. The third kappa shape index (κ3) is 4.79. The zero-order valence-electron chi connectivity index (χ0n) is 17.1. The molecule has 0 atom stereocenters. The van der Waals surface area contributed by atoms with E-state index in [1.165, 1.54) is 0 Å². The van der Waals surface area contributed by atoms with Gasteiger partial charge in [0.1, 0.15) is 5.75 Å². The molecule has 0 saturated carbocycles. The summed E-state index contributed by atoms with van der Waals surface area (Å²) < 4.78 is 6.29. The van der Waals surface area contributed by atoms with Crippen molar-refractivity contribution in [2.45, 2.75) is 0 Å². The molecule has 2 N–H and O–H groups in total. The van der Waals surface area contributed by atoms with Crippen molar-refractivity contribution in [1.82, 2.24) is 9.66 Å². The maximum atomic E-state index is 13.1. The Hall–Kier alpha value is -4.10. The molecule has 2 amide bonds. The zero-order chi connectivity index (χ0) is 22.5. The highest BCUT2D eigenvalue weighted by Gasteiger charge is 2.12. The van der Waals surface area contributed by atoms with Crippen LogP contribution >= 0.6 is 11.6 Å². The number of anilines is 1. The van der Waals surface area contributed by atoms with E-state index in [0.717, 1.165) is 16.0 Å². The summed E-state index contributed by atoms with van der Waals surface area (Å²) in [7, 11) is 1.60. The smallest absolute Gasteiger partial charge is 0.338 e. The summed E-state index contributed by atoms with van der Waals surface area (Å²) in [5.74, 6) is 1.01. The third-order valence-electron chi connectivity index (χ3n) is 4.66.